The van der Waals surface area contributed by atoms with E-state index in [2.05, 4.69) is 20.9 Å². The van der Waals surface area contributed by atoms with E-state index in [0.29, 0.717) is 13.1 Å². The van der Waals surface area contributed by atoms with Gasteiger partial charge in [0, 0.05) is 67.5 Å². The predicted molar refractivity (Wildman–Crippen MR) is 110 cm³/mol. The molecule has 0 aliphatic carbocycles. The SMILES string of the molecule is C=CCn1c(C)cc(C(=O)CN2CCN(c3ccc([N+](=O)[O-])cc3)CC2)c1C. The van der Waals surface area contributed by atoms with Crippen LogP contribution >= 0.6 is 0 Å². The number of anilines is 1. The first-order chi connectivity index (χ1) is 13.4. The van der Waals surface area contributed by atoms with Crippen LogP contribution in [-0.4, -0.2) is 52.9 Å². The highest BCUT2D eigenvalue weighted by Gasteiger charge is 2.22. The first-order valence-electron chi connectivity index (χ1n) is 9.43. The molecule has 1 fully saturated rings. The number of nitro benzene ring substituents is 1. The van der Waals surface area contributed by atoms with Crippen LogP contribution in [0.15, 0.2) is 43.0 Å². The molecule has 0 radical (unpaired) electrons. The van der Waals surface area contributed by atoms with Crippen molar-refractivity contribution in [2.45, 2.75) is 20.4 Å². The van der Waals surface area contributed by atoms with Gasteiger partial charge in [-0.1, -0.05) is 6.08 Å². The summed E-state index contributed by atoms with van der Waals surface area (Å²) in [4.78, 5) is 27.6. The number of nitrogens with zero attached hydrogens (tertiary/aromatic N) is 4. The van der Waals surface area contributed by atoms with Gasteiger partial charge in [-0.05, 0) is 32.0 Å². The second kappa shape index (κ2) is 8.39. The Labute approximate surface area is 165 Å². The molecule has 0 bridgehead atoms. The van der Waals surface area contributed by atoms with Crippen LogP contribution in [0, 0.1) is 24.0 Å². The van der Waals surface area contributed by atoms with Crippen molar-refractivity contribution in [2.24, 2.45) is 0 Å². The molecule has 2 heterocycles. The molecule has 1 saturated heterocycles. The first kappa shape index (κ1) is 19.8. The summed E-state index contributed by atoms with van der Waals surface area (Å²) in [6.45, 7) is 12.0. The molecule has 0 spiro atoms. The number of ketones is 1. The Kier molecular flexibility index (Phi) is 5.94. The van der Waals surface area contributed by atoms with Crippen LogP contribution in [-0.2, 0) is 6.54 Å². The fourth-order valence-electron chi connectivity index (χ4n) is 3.73. The van der Waals surface area contributed by atoms with Gasteiger partial charge in [0.25, 0.3) is 5.69 Å². The molecular formula is C21H26N4O3. The van der Waals surface area contributed by atoms with Gasteiger partial charge < -0.3 is 9.47 Å². The zero-order valence-corrected chi connectivity index (χ0v) is 16.4. The van der Waals surface area contributed by atoms with E-state index in [1.807, 2.05) is 26.0 Å². The number of aromatic nitrogens is 1. The first-order valence-corrected chi connectivity index (χ1v) is 9.43. The van der Waals surface area contributed by atoms with E-state index in [-0.39, 0.29) is 16.4 Å². The molecule has 1 aliphatic rings. The zero-order valence-electron chi connectivity index (χ0n) is 16.4. The molecule has 2 aromatic rings. The van der Waals surface area contributed by atoms with Crippen molar-refractivity contribution < 1.29 is 9.72 Å². The van der Waals surface area contributed by atoms with Crippen molar-refractivity contribution in [3.05, 3.63) is 70.1 Å². The number of Topliss-reactive ketones (excluding diaryl/α,β-unsaturated/α-hetero) is 1. The molecular weight excluding hydrogens is 356 g/mol. The van der Waals surface area contributed by atoms with E-state index >= 15 is 0 Å². The normalized spacial score (nSPS) is 14.9. The number of allylic oxidation sites excluding steroid dienone is 1. The van der Waals surface area contributed by atoms with Gasteiger partial charge in [0.05, 0.1) is 11.5 Å². The third-order valence-electron chi connectivity index (χ3n) is 5.35. The number of hydrogen-bond acceptors (Lipinski definition) is 5. The number of non-ortho nitro benzene ring substituents is 1. The predicted octanol–water partition coefficient (Wildman–Crippen LogP) is 3.20. The number of carbonyl (C=O) groups excluding carboxylic acids is 1. The van der Waals surface area contributed by atoms with Crippen LogP contribution in [0.4, 0.5) is 11.4 Å². The van der Waals surface area contributed by atoms with Crippen LogP contribution in [0.2, 0.25) is 0 Å². The molecule has 0 saturated carbocycles. The van der Waals surface area contributed by atoms with Crippen molar-refractivity contribution in [3.8, 4) is 0 Å². The van der Waals surface area contributed by atoms with Crippen molar-refractivity contribution in [3.63, 3.8) is 0 Å². The lowest BCUT2D eigenvalue weighted by Crippen LogP contribution is -2.48. The average molecular weight is 382 g/mol. The van der Waals surface area contributed by atoms with E-state index in [0.717, 1.165) is 48.8 Å². The molecule has 3 rings (SSSR count). The molecule has 0 N–H and O–H groups in total. The van der Waals surface area contributed by atoms with Gasteiger partial charge in [0.2, 0.25) is 0 Å². The van der Waals surface area contributed by atoms with E-state index < -0.39 is 0 Å². The second-order valence-electron chi connectivity index (χ2n) is 7.14. The van der Waals surface area contributed by atoms with E-state index in [4.69, 9.17) is 0 Å². The Morgan fingerprint density at radius 1 is 1.18 bits per heavy atom. The zero-order chi connectivity index (χ0) is 20.3. The Hall–Kier alpha value is -2.93. The van der Waals surface area contributed by atoms with Gasteiger partial charge in [-0.25, -0.2) is 0 Å². The maximum Gasteiger partial charge on any atom is 0.269 e. The molecule has 148 valence electrons. The molecule has 0 amide bonds. The van der Waals surface area contributed by atoms with Gasteiger partial charge in [0.15, 0.2) is 5.78 Å². The van der Waals surface area contributed by atoms with Gasteiger partial charge in [-0.3, -0.25) is 19.8 Å². The third-order valence-corrected chi connectivity index (χ3v) is 5.35. The lowest BCUT2D eigenvalue weighted by atomic mass is 10.1. The minimum Gasteiger partial charge on any atom is -0.369 e. The Balaban J connectivity index is 1.58. The van der Waals surface area contributed by atoms with Crippen molar-refractivity contribution >= 4 is 17.2 Å². The number of hydrogen-bond donors (Lipinski definition) is 0. The minimum absolute atomic E-state index is 0.0991. The fraction of sp³-hybridized carbons (Fsp3) is 0.381. The maximum atomic E-state index is 12.8. The molecule has 0 atom stereocenters. The minimum atomic E-state index is -0.390. The van der Waals surface area contributed by atoms with Crippen LogP contribution in [0.5, 0.6) is 0 Å². The summed E-state index contributed by atoms with van der Waals surface area (Å²) in [5, 5.41) is 10.8. The standard InChI is InChI=1S/C21H26N4O3/c1-4-9-24-16(2)14-20(17(24)3)21(26)15-22-10-12-23(13-11-22)18-5-7-19(8-6-18)25(27)28/h4-8,14H,1,9-13,15H2,2-3H3. The second-order valence-corrected chi connectivity index (χ2v) is 7.14. The Morgan fingerprint density at radius 2 is 1.82 bits per heavy atom. The lowest BCUT2D eigenvalue weighted by molar-refractivity contribution is -0.384. The van der Waals surface area contributed by atoms with Crippen LogP contribution in [0.3, 0.4) is 0 Å². The topological polar surface area (TPSA) is 71.6 Å². The summed E-state index contributed by atoms with van der Waals surface area (Å²) >= 11 is 0. The number of carbonyl (C=O) groups is 1. The van der Waals surface area contributed by atoms with Crippen molar-refractivity contribution in [1.82, 2.24) is 9.47 Å². The molecule has 0 unspecified atom stereocenters. The highest BCUT2D eigenvalue weighted by molar-refractivity contribution is 5.99. The molecule has 7 nitrogen and oxygen atoms in total. The smallest absolute Gasteiger partial charge is 0.269 e. The van der Waals surface area contributed by atoms with Crippen molar-refractivity contribution in [1.29, 1.82) is 0 Å². The third kappa shape index (κ3) is 4.14. The van der Waals surface area contributed by atoms with Crippen LogP contribution < -0.4 is 4.90 Å². The highest BCUT2D eigenvalue weighted by Crippen LogP contribution is 2.21. The van der Waals surface area contributed by atoms with Crippen LogP contribution in [0.1, 0.15) is 21.7 Å². The number of nitro groups is 1. The number of rotatable bonds is 7. The van der Waals surface area contributed by atoms with Gasteiger partial charge >= 0.3 is 0 Å². The lowest BCUT2D eigenvalue weighted by Gasteiger charge is -2.35. The number of aryl methyl sites for hydroxylation is 1. The van der Waals surface area contributed by atoms with E-state index in [9.17, 15) is 14.9 Å². The summed E-state index contributed by atoms with van der Waals surface area (Å²) in [6.07, 6.45) is 1.84. The average Bonchev–Trinajstić information content (AvgIpc) is 2.97. The molecule has 1 aliphatic heterocycles. The summed E-state index contributed by atoms with van der Waals surface area (Å²) < 4.78 is 2.10. The summed E-state index contributed by atoms with van der Waals surface area (Å²) in [6, 6.07) is 8.60. The molecule has 1 aromatic heterocycles. The number of benzene rings is 1. The van der Waals surface area contributed by atoms with Crippen molar-refractivity contribution in [2.75, 3.05) is 37.6 Å². The van der Waals surface area contributed by atoms with E-state index in [1.165, 1.54) is 12.1 Å². The highest BCUT2D eigenvalue weighted by atomic mass is 16.6. The Morgan fingerprint density at radius 3 is 2.39 bits per heavy atom. The molecule has 1 aromatic carbocycles. The van der Waals surface area contributed by atoms with Gasteiger partial charge in [-0.2, -0.15) is 0 Å². The largest absolute Gasteiger partial charge is 0.369 e. The van der Waals surface area contributed by atoms with Gasteiger partial charge in [-0.15, -0.1) is 6.58 Å². The Bertz CT molecular complexity index is 878. The summed E-state index contributed by atoms with van der Waals surface area (Å²) in [7, 11) is 0. The molecule has 7 heteroatoms. The number of piperazine rings is 1. The summed E-state index contributed by atoms with van der Waals surface area (Å²) in [5.41, 5.74) is 3.93. The van der Waals surface area contributed by atoms with Crippen LogP contribution in [0.25, 0.3) is 0 Å². The fourth-order valence-corrected chi connectivity index (χ4v) is 3.73. The summed E-state index contributed by atoms with van der Waals surface area (Å²) in [5.74, 6) is 0.146. The quantitative estimate of drug-likeness (QED) is 0.318. The maximum absolute atomic E-state index is 12.8. The molecule has 28 heavy (non-hydrogen) atoms. The monoisotopic (exact) mass is 382 g/mol. The van der Waals surface area contributed by atoms with Gasteiger partial charge in [0.1, 0.15) is 0 Å². The van der Waals surface area contributed by atoms with E-state index in [1.54, 1.807) is 12.1 Å².